The van der Waals surface area contributed by atoms with Crippen LogP contribution >= 0.6 is 7.60 Å². The second-order valence-electron chi connectivity index (χ2n) is 5.56. The van der Waals surface area contributed by atoms with Gasteiger partial charge in [0.1, 0.15) is 0 Å². The van der Waals surface area contributed by atoms with Crippen LogP contribution in [0.15, 0.2) is 48.5 Å². The van der Waals surface area contributed by atoms with E-state index in [1.165, 1.54) is 24.3 Å². The third-order valence-electron chi connectivity index (χ3n) is 3.58. The second-order valence-corrected chi connectivity index (χ2v) is 7.61. The largest absolute Gasteiger partial charge is 0.335 e. The lowest BCUT2D eigenvalue weighted by atomic mass is 10.1. The lowest BCUT2D eigenvalue weighted by molar-refractivity contribution is -0.384. The second kappa shape index (κ2) is 9.41. The molecule has 1 amide bonds. The van der Waals surface area contributed by atoms with Crippen molar-refractivity contribution >= 4 is 24.9 Å². The number of non-ortho nitro benzene ring substituents is 1. The molecule has 0 bridgehead atoms. The summed E-state index contributed by atoms with van der Waals surface area (Å²) >= 11 is 0. The summed E-state index contributed by atoms with van der Waals surface area (Å²) in [5.41, 5.74) is 1.53. The maximum atomic E-state index is 12.5. The van der Waals surface area contributed by atoms with Gasteiger partial charge in [-0.15, -0.1) is 0 Å². The van der Waals surface area contributed by atoms with Crippen LogP contribution in [0.2, 0.25) is 0 Å². The predicted octanol–water partition coefficient (Wildman–Crippen LogP) is 4.61. The highest BCUT2D eigenvalue weighted by Crippen LogP contribution is 2.51. The SMILES string of the molecule is CCOP(=O)(Cc1ccc(C(=O)Nc2ccc([N+](=O)[O-])cc2)cc1)OCC. The first-order valence-corrected chi connectivity index (χ1v) is 10.1. The number of nitro benzene ring substituents is 1. The molecule has 2 rings (SSSR count). The maximum Gasteiger partial charge on any atom is 0.335 e. The van der Waals surface area contributed by atoms with Crippen molar-refractivity contribution in [3.8, 4) is 0 Å². The van der Waals surface area contributed by atoms with Crippen molar-refractivity contribution in [3.63, 3.8) is 0 Å². The molecular weight excluding hydrogens is 371 g/mol. The van der Waals surface area contributed by atoms with Gasteiger partial charge in [-0.05, 0) is 43.7 Å². The maximum absolute atomic E-state index is 12.5. The first-order chi connectivity index (χ1) is 12.9. The Kier molecular flexibility index (Phi) is 7.24. The Labute approximate surface area is 157 Å². The molecule has 0 saturated carbocycles. The van der Waals surface area contributed by atoms with Gasteiger partial charge in [0.05, 0.1) is 24.3 Å². The molecule has 8 nitrogen and oxygen atoms in total. The number of rotatable bonds is 9. The van der Waals surface area contributed by atoms with Gasteiger partial charge in [-0.2, -0.15) is 0 Å². The van der Waals surface area contributed by atoms with E-state index in [0.717, 1.165) is 5.56 Å². The molecule has 0 heterocycles. The standard InChI is InChI=1S/C18H21N2O6P/c1-3-25-27(24,26-4-2)13-14-5-7-15(8-6-14)18(21)19-16-9-11-17(12-10-16)20(22)23/h5-12H,3-4,13H2,1-2H3,(H,19,21). The van der Waals surface area contributed by atoms with Crippen molar-refractivity contribution in [2.45, 2.75) is 20.0 Å². The van der Waals surface area contributed by atoms with Gasteiger partial charge in [0.2, 0.25) is 0 Å². The van der Waals surface area contributed by atoms with E-state index >= 15 is 0 Å². The van der Waals surface area contributed by atoms with Gasteiger partial charge in [0.25, 0.3) is 11.6 Å². The van der Waals surface area contributed by atoms with Crippen molar-refractivity contribution in [1.82, 2.24) is 0 Å². The van der Waals surface area contributed by atoms with Gasteiger partial charge in [0, 0.05) is 23.4 Å². The highest BCUT2D eigenvalue weighted by Gasteiger charge is 2.24. The average molecular weight is 392 g/mol. The minimum Gasteiger partial charge on any atom is -0.322 e. The number of hydrogen-bond donors (Lipinski definition) is 1. The molecule has 0 aliphatic carbocycles. The van der Waals surface area contributed by atoms with Crippen molar-refractivity contribution in [2.24, 2.45) is 0 Å². The average Bonchev–Trinajstić information content (AvgIpc) is 2.63. The van der Waals surface area contributed by atoms with Crippen molar-refractivity contribution in [3.05, 3.63) is 69.8 Å². The monoisotopic (exact) mass is 392 g/mol. The van der Waals surface area contributed by atoms with Crippen LogP contribution < -0.4 is 5.32 Å². The van der Waals surface area contributed by atoms with Gasteiger partial charge >= 0.3 is 7.60 Å². The topological polar surface area (TPSA) is 108 Å². The highest BCUT2D eigenvalue weighted by atomic mass is 31.2. The third kappa shape index (κ3) is 5.99. The Morgan fingerprint density at radius 3 is 2.07 bits per heavy atom. The quantitative estimate of drug-likeness (QED) is 0.379. The Morgan fingerprint density at radius 1 is 1.04 bits per heavy atom. The summed E-state index contributed by atoms with van der Waals surface area (Å²) in [6.07, 6.45) is 0.124. The normalized spacial score (nSPS) is 11.2. The van der Waals surface area contributed by atoms with Gasteiger partial charge in [0.15, 0.2) is 0 Å². The number of nitro groups is 1. The smallest absolute Gasteiger partial charge is 0.322 e. The molecule has 27 heavy (non-hydrogen) atoms. The molecule has 0 saturated heterocycles. The Bertz CT molecular complexity index is 826. The van der Waals surface area contributed by atoms with E-state index in [4.69, 9.17) is 9.05 Å². The van der Waals surface area contributed by atoms with E-state index in [-0.39, 0.29) is 31.0 Å². The fraction of sp³-hybridized carbons (Fsp3) is 0.278. The van der Waals surface area contributed by atoms with E-state index in [2.05, 4.69) is 5.32 Å². The molecular formula is C18H21N2O6P. The van der Waals surface area contributed by atoms with Crippen molar-refractivity contribution in [2.75, 3.05) is 18.5 Å². The molecule has 0 atom stereocenters. The van der Waals surface area contributed by atoms with Crippen molar-refractivity contribution < 1.29 is 23.3 Å². The van der Waals surface area contributed by atoms with Gasteiger partial charge < -0.3 is 14.4 Å². The van der Waals surface area contributed by atoms with Gasteiger partial charge in [-0.25, -0.2) is 0 Å². The number of carbonyl (C=O) groups is 1. The first-order valence-electron chi connectivity index (χ1n) is 8.39. The molecule has 2 aromatic rings. The molecule has 1 N–H and O–H groups in total. The summed E-state index contributed by atoms with van der Waals surface area (Å²) in [7, 11) is -3.20. The third-order valence-corrected chi connectivity index (χ3v) is 5.64. The fourth-order valence-corrected chi connectivity index (χ4v) is 4.08. The van der Waals surface area contributed by atoms with Gasteiger partial charge in [-0.3, -0.25) is 19.5 Å². The summed E-state index contributed by atoms with van der Waals surface area (Å²) in [6, 6.07) is 12.2. The molecule has 0 aromatic heterocycles. The lowest BCUT2D eigenvalue weighted by Crippen LogP contribution is -2.11. The summed E-state index contributed by atoms with van der Waals surface area (Å²) in [5, 5.41) is 13.3. The van der Waals surface area contributed by atoms with Crippen LogP contribution in [0.5, 0.6) is 0 Å². The number of nitrogens with zero attached hydrogens (tertiary/aromatic N) is 1. The Morgan fingerprint density at radius 2 is 1.59 bits per heavy atom. The number of anilines is 1. The number of amides is 1. The first kappa shape index (κ1) is 20.8. The summed E-state index contributed by atoms with van der Waals surface area (Å²) in [6.45, 7) is 4.06. The van der Waals surface area contributed by atoms with Crippen LogP contribution in [-0.4, -0.2) is 24.0 Å². The minimum atomic E-state index is -3.20. The van der Waals surface area contributed by atoms with E-state index in [0.29, 0.717) is 11.3 Å². The molecule has 0 radical (unpaired) electrons. The van der Waals surface area contributed by atoms with E-state index in [9.17, 15) is 19.5 Å². The fourth-order valence-electron chi connectivity index (χ4n) is 2.38. The van der Waals surface area contributed by atoms with E-state index in [1.54, 1.807) is 38.1 Å². The number of carbonyl (C=O) groups excluding carboxylic acids is 1. The molecule has 9 heteroatoms. The Balaban J connectivity index is 2.04. The van der Waals surface area contributed by atoms with Crippen LogP contribution in [-0.2, 0) is 19.8 Å². The molecule has 144 valence electrons. The summed E-state index contributed by atoms with van der Waals surface area (Å²) in [5.74, 6) is -0.354. The van der Waals surface area contributed by atoms with Crippen LogP contribution in [0.25, 0.3) is 0 Å². The lowest BCUT2D eigenvalue weighted by Gasteiger charge is -2.17. The molecule has 0 aliphatic heterocycles. The highest BCUT2D eigenvalue weighted by molar-refractivity contribution is 7.53. The number of hydrogen-bond acceptors (Lipinski definition) is 6. The van der Waals surface area contributed by atoms with E-state index in [1.807, 2.05) is 0 Å². The van der Waals surface area contributed by atoms with Crippen LogP contribution in [0.3, 0.4) is 0 Å². The Hall–Kier alpha value is -2.54. The zero-order chi connectivity index (χ0) is 19.9. The summed E-state index contributed by atoms with van der Waals surface area (Å²) in [4.78, 5) is 22.4. The zero-order valence-electron chi connectivity index (χ0n) is 15.1. The number of nitrogens with one attached hydrogen (secondary N) is 1. The van der Waals surface area contributed by atoms with Crippen LogP contribution in [0.4, 0.5) is 11.4 Å². The molecule has 2 aromatic carbocycles. The number of benzene rings is 2. The van der Waals surface area contributed by atoms with Gasteiger partial charge in [-0.1, -0.05) is 12.1 Å². The molecule has 0 fully saturated rings. The molecule has 0 unspecified atom stereocenters. The van der Waals surface area contributed by atoms with Crippen molar-refractivity contribution in [1.29, 1.82) is 0 Å². The predicted molar refractivity (Wildman–Crippen MR) is 102 cm³/mol. The van der Waals surface area contributed by atoms with Crippen LogP contribution in [0.1, 0.15) is 29.8 Å². The molecule has 0 aliphatic rings. The summed E-state index contributed by atoms with van der Waals surface area (Å²) < 4.78 is 23.1. The minimum absolute atomic E-state index is 0.0506. The van der Waals surface area contributed by atoms with E-state index < -0.39 is 12.5 Å². The zero-order valence-corrected chi connectivity index (χ0v) is 16.0. The molecule has 0 spiro atoms. The van der Waals surface area contributed by atoms with Crippen LogP contribution in [0, 0.1) is 10.1 Å².